The molecule has 4 heterocycles. The predicted octanol–water partition coefficient (Wildman–Crippen LogP) is 2.01. The molecule has 2 fully saturated rings. The Balaban J connectivity index is 1.65. The van der Waals surface area contributed by atoms with Gasteiger partial charge in [-0.25, -0.2) is 0 Å². The van der Waals surface area contributed by atoms with Gasteiger partial charge < -0.3 is 14.2 Å². The van der Waals surface area contributed by atoms with Crippen molar-refractivity contribution < 1.29 is 14.1 Å². The number of hydrogen-bond donors (Lipinski definition) is 0. The summed E-state index contributed by atoms with van der Waals surface area (Å²) in [7, 11) is 0. The SMILES string of the molecule is Cc1noc([C@@]23CCO[C@@H]2CCN(C(=O)c2ccsc2)C3)n1. The molecule has 6 nitrogen and oxygen atoms in total. The number of aromatic nitrogens is 2. The topological polar surface area (TPSA) is 68.5 Å². The van der Waals surface area contributed by atoms with Gasteiger partial charge in [0.2, 0.25) is 5.89 Å². The summed E-state index contributed by atoms with van der Waals surface area (Å²) in [5.41, 5.74) is 0.393. The zero-order valence-corrected chi connectivity index (χ0v) is 13.1. The van der Waals surface area contributed by atoms with Crippen LogP contribution >= 0.6 is 11.3 Å². The van der Waals surface area contributed by atoms with Gasteiger partial charge in [-0.15, -0.1) is 0 Å². The summed E-state index contributed by atoms with van der Waals surface area (Å²) in [6, 6.07) is 1.87. The van der Waals surface area contributed by atoms with Crippen LogP contribution in [-0.4, -0.2) is 46.7 Å². The van der Waals surface area contributed by atoms with Crippen molar-refractivity contribution in [1.29, 1.82) is 0 Å². The second-order valence-electron chi connectivity index (χ2n) is 5.94. The van der Waals surface area contributed by atoms with Crippen LogP contribution < -0.4 is 0 Å². The first-order valence-corrected chi connectivity index (χ1v) is 8.37. The number of rotatable bonds is 2. The van der Waals surface area contributed by atoms with Crippen LogP contribution in [0, 0.1) is 6.92 Å². The van der Waals surface area contributed by atoms with E-state index in [0.29, 0.717) is 31.4 Å². The maximum Gasteiger partial charge on any atom is 0.254 e. The first-order chi connectivity index (χ1) is 10.7. The van der Waals surface area contributed by atoms with E-state index in [9.17, 15) is 4.79 Å². The van der Waals surface area contributed by atoms with Crippen molar-refractivity contribution >= 4 is 17.2 Å². The number of thiophene rings is 1. The van der Waals surface area contributed by atoms with E-state index in [2.05, 4.69) is 10.1 Å². The van der Waals surface area contributed by atoms with Crippen molar-refractivity contribution in [1.82, 2.24) is 15.0 Å². The Kier molecular flexibility index (Phi) is 3.27. The summed E-state index contributed by atoms with van der Waals surface area (Å²) < 4.78 is 11.3. The number of fused-ring (bicyclic) bond motifs is 1. The van der Waals surface area contributed by atoms with E-state index in [1.54, 1.807) is 0 Å². The summed E-state index contributed by atoms with van der Waals surface area (Å²) in [4.78, 5) is 19.0. The molecule has 0 bridgehead atoms. The zero-order valence-electron chi connectivity index (χ0n) is 12.3. The molecule has 0 spiro atoms. The second-order valence-corrected chi connectivity index (χ2v) is 6.72. The molecule has 0 aromatic carbocycles. The van der Waals surface area contributed by atoms with Crippen molar-refractivity contribution in [3.8, 4) is 0 Å². The quantitative estimate of drug-likeness (QED) is 0.847. The maximum atomic E-state index is 12.7. The third-order valence-electron chi connectivity index (χ3n) is 4.63. The molecule has 1 amide bonds. The lowest BCUT2D eigenvalue weighted by Gasteiger charge is -2.41. The molecule has 7 heteroatoms. The molecule has 116 valence electrons. The van der Waals surface area contributed by atoms with Crippen LogP contribution in [0.4, 0.5) is 0 Å². The van der Waals surface area contributed by atoms with Gasteiger partial charge in [-0.3, -0.25) is 4.79 Å². The van der Waals surface area contributed by atoms with E-state index < -0.39 is 0 Å². The van der Waals surface area contributed by atoms with Gasteiger partial charge in [0.25, 0.3) is 5.91 Å². The first kappa shape index (κ1) is 13.9. The lowest BCUT2D eigenvalue weighted by Crippen LogP contribution is -2.54. The van der Waals surface area contributed by atoms with Gasteiger partial charge in [0.15, 0.2) is 5.82 Å². The first-order valence-electron chi connectivity index (χ1n) is 7.43. The van der Waals surface area contributed by atoms with Gasteiger partial charge in [-0.2, -0.15) is 16.3 Å². The Morgan fingerprint density at radius 1 is 1.55 bits per heavy atom. The molecule has 2 aromatic rings. The number of carbonyl (C=O) groups is 1. The molecule has 22 heavy (non-hydrogen) atoms. The highest BCUT2D eigenvalue weighted by atomic mass is 32.1. The van der Waals surface area contributed by atoms with Crippen LogP contribution in [0.2, 0.25) is 0 Å². The molecule has 4 rings (SSSR count). The number of likely N-dealkylation sites (tertiary alicyclic amines) is 1. The fourth-order valence-corrected chi connectivity index (χ4v) is 4.12. The van der Waals surface area contributed by atoms with Gasteiger partial charge in [-0.1, -0.05) is 5.16 Å². The standard InChI is InChI=1S/C15H17N3O3S/c1-10-16-14(21-17-10)15-4-6-20-12(15)2-5-18(9-15)13(19)11-3-7-22-8-11/h3,7-8,12H,2,4-6,9H2,1H3/t12-,15-/m1/s1. The molecule has 0 N–H and O–H groups in total. The summed E-state index contributed by atoms with van der Waals surface area (Å²) in [6.45, 7) is 3.76. The van der Waals surface area contributed by atoms with Crippen LogP contribution in [0.25, 0.3) is 0 Å². The Labute approximate surface area is 132 Å². The molecule has 2 aromatic heterocycles. The normalized spacial score (nSPS) is 27.9. The van der Waals surface area contributed by atoms with Gasteiger partial charge in [0.1, 0.15) is 0 Å². The average Bonchev–Trinajstić information content (AvgIpc) is 3.26. The third-order valence-corrected chi connectivity index (χ3v) is 5.31. The average molecular weight is 319 g/mol. The van der Waals surface area contributed by atoms with Crippen LogP contribution in [-0.2, 0) is 10.2 Å². The maximum absolute atomic E-state index is 12.7. The predicted molar refractivity (Wildman–Crippen MR) is 79.9 cm³/mol. The molecule has 2 atom stereocenters. The third kappa shape index (κ3) is 2.07. The van der Waals surface area contributed by atoms with Gasteiger partial charge >= 0.3 is 0 Å². The van der Waals surface area contributed by atoms with Crippen molar-refractivity contribution in [2.24, 2.45) is 0 Å². The fraction of sp³-hybridized carbons (Fsp3) is 0.533. The molecule has 0 aliphatic carbocycles. The largest absolute Gasteiger partial charge is 0.377 e. The van der Waals surface area contributed by atoms with Crippen molar-refractivity contribution in [2.45, 2.75) is 31.3 Å². The van der Waals surface area contributed by atoms with Crippen molar-refractivity contribution in [3.05, 3.63) is 34.1 Å². The number of carbonyl (C=O) groups excluding carboxylic acids is 1. The number of aryl methyl sites for hydroxylation is 1. The minimum absolute atomic E-state index is 0.0545. The summed E-state index contributed by atoms with van der Waals surface area (Å²) in [6.07, 6.45) is 1.67. The van der Waals surface area contributed by atoms with Gasteiger partial charge in [-0.05, 0) is 31.2 Å². The zero-order chi connectivity index (χ0) is 15.2. The lowest BCUT2D eigenvalue weighted by atomic mass is 9.76. The van der Waals surface area contributed by atoms with E-state index in [1.807, 2.05) is 28.7 Å². The number of nitrogens with zero attached hydrogens (tertiary/aromatic N) is 3. The highest BCUT2D eigenvalue weighted by Crippen LogP contribution is 2.43. The number of hydrogen-bond acceptors (Lipinski definition) is 6. The molecule has 0 radical (unpaired) electrons. The van der Waals surface area contributed by atoms with Crippen molar-refractivity contribution in [2.75, 3.05) is 19.7 Å². The number of ether oxygens (including phenoxy) is 1. The molecule has 2 saturated heterocycles. The Morgan fingerprint density at radius 2 is 2.45 bits per heavy atom. The smallest absolute Gasteiger partial charge is 0.254 e. The highest BCUT2D eigenvalue weighted by molar-refractivity contribution is 7.08. The van der Waals surface area contributed by atoms with E-state index >= 15 is 0 Å². The molecule has 2 aliphatic rings. The highest BCUT2D eigenvalue weighted by Gasteiger charge is 2.53. The lowest BCUT2D eigenvalue weighted by molar-refractivity contribution is 0.00825. The summed E-state index contributed by atoms with van der Waals surface area (Å²) in [5.74, 6) is 1.30. The van der Waals surface area contributed by atoms with Gasteiger partial charge in [0.05, 0.1) is 17.1 Å². The van der Waals surface area contributed by atoms with Crippen LogP contribution in [0.3, 0.4) is 0 Å². The van der Waals surface area contributed by atoms with Crippen molar-refractivity contribution in [3.63, 3.8) is 0 Å². The Bertz CT molecular complexity index is 684. The van der Waals surface area contributed by atoms with Crippen LogP contribution in [0.1, 0.15) is 34.9 Å². The summed E-state index contributed by atoms with van der Waals surface area (Å²) >= 11 is 1.54. The molecule has 0 unspecified atom stereocenters. The van der Waals surface area contributed by atoms with E-state index in [1.165, 1.54) is 11.3 Å². The van der Waals surface area contributed by atoms with E-state index in [4.69, 9.17) is 9.26 Å². The minimum atomic E-state index is -0.356. The summed E-state index contributed by atoms with van der Waals surface area (Å²) in [5, 5.41) is 7.74. The van der Waals surface area contributed by atoms with Crippen LogP contribution in [0.5, 0.6) is 0 Å². The number of amides is 1. The van der Waals surface area contributed by atoms with Crippen LogP contribution in [0.15, 0.2) is 21.3 Å². The molecular formula is C15H17N3O3S. The fourth-order valence-electron chi connectivity index (χ4n) is 3.49. The molecule has 2 aliphatic heterocycles. The molecular weight excluding hydrogens is 302 g/mol. The Hall–Kier alpha value is -1.73. The van der Waals surface area contributed by atoms with E-state index in [-0.39, 0.29) is 17.4 Å². The number of piperidine rings is 1. The van der Waals surface area contributed by atoms with E-state index in [0.717, 1.165) is 18.4 Å². The Morgan fingerprint density at radius 3 is 3.18 bits per heavy atom. The van der Waals surface area contributed by atoms with Gasteiger partial charge in [0, 0.05) is 25.1 Å². The minimum Gasteiger partial charge on any atom is -0.377 e. The monoisotopic (exact) mass is 319 g/mol. The molecule has 0 saturated carbocycles. The second kappa shape index (κ2) is 5.17.